The van der Waals surface area contributed by atoms with Gasteiger partial charge in [0, 0.05) is 67.9 Å². The van der Waals surface area contributed by atoms with Gasteiger partial charge in [-0.05, 0) is 62.4 Å². The molecule has 7 heterocycles. The number of morpholine rings is 1. The molecule has 5 aliphatic rings. The van der Waals surface area contributed by atoms with Gasteiger partial charge in [0.05, 0.1) is 66.8 Å². The molecule has 0 radical (unpaired) electrons. The van der Waals surface area contributed by atoms with Crippen molar-refractivity contribution in [1.82, 2.24) is 40.4 Å². The number of fused-ring (bicyclic) bond motifs is 6. The fourth-order valence-electron chi connectivity index (χ4n) is 10.5. The summed E-state index contributed by atoms with van der Waals surface area (Å²) in [6, 6.07) is 5.16. The molecule has 5 atom stereocenters. The van der Waals surface area contributed by atoms with Crippen molar-refractivity contribution in [2.24, 2.45) is 11.3 Å². The van der Waals surface area contributed by atoms with Gasteiger partial charge in [-0.15, -0.1) is 11.3 Å². The average Bonchev–Trinajstić information content (AvgIpc) is 3.91. The zero-order valence-electron chi connectivity index (χ0n) is 41.2. The smallest absolute Gasteiger partial charge is 0.448 e. The molecule has 3 fully saturated rings. The number of hydrogen-bond donors (Lipinski definition) is 2. The fourth-order valence-corrected chi connectivity index (χ4v) is 11.4. The van der Waals surface area contributed by atoms with Crippen molar-refractivity contribution < 1.29 is 55.9 Å². The summed E-state index contributed by atoms with van der Waals surface area (Å²) in [5.41, 5.74) is 5.10. The Morgan fingerprint density at radius 1 is 1.13 bits per heavy atom. The maximum atomic E-state index is 14.7. The second-order valence-corrected chi connectivity index (χ2v) is 21.3. The number of aromatic nitrogens is 2. The van der Waals surface area contributed by atoms with E-state index in [1.807, 2.05) is 25.3 Å². The van der Waals surface area contributed by atoms with Gasteiger partial charge in [0.1, 0.15) is 23.7 Å². The van der Waals surface area contributed by atoms with E-state index >= 15 is 0 Å². The Morgan fingerprint density at radius 2 is 1.87 bits per heavy atom. The molecule has 3 saturated heterocycles. The fraction of sp³-hybridized carbons (Fsp3) is 0.560. The van der Waals surface area contributed by atoms with Crippen LogP contribution in [0.3, 0.4) is 0 Å². The number of hydrazine groups is 1. The zero-order chi connectivity index (χ0) is 51.2. The molecule has 1 aromatic carbocycles. The molecule has 1 spiro atoms. The van der Waals surface area contributed by atoms with Crippen LogP contribution in [0.1, 0.15) is 87.7 Å². The Balaban J connectivity index is 1.12. The quantitative estimate of drug-likeness (QED) is 0.160. The van der Waals surface area contributed by atoms with E-state index in [2.05, 4.69) is 22.3 Å². The molecule has 5 amide bonds. The number of methoxy groups -OCH3 is 1. The third kappa shape index (κ3) is 10.9. The Hall–Kier alpha value is -5.77. The molecule has 2 N–H and O–H groups in total. The Labute approximate surface area is 415 Å². The van der Waals surface area contributed by atoms with Crippen LogP contribution in [0.5, 0.6) is 0 Å². The number of halogens is 3. The third-order valence-electron chi connectivity index (χ3n) is 14.0. The largest absolute Gasteiger partial charge is 0.464 e. The van der Waals surface area contributed by atoms with E-state index in [9.17, 15) is 37.1 Å². The molecule has 382 valence electrons. The van der Waals surface area contributed by atoms with Gasteiger partial charge in [0.25, 0.3) is 5.91 Å². The van der Waals surface area contributed by atoms with Crippen molar-refractivity contribution in [1.29, 1.82) is 0 Å². The molecule has 0 saturated carbocycles. The number of likely N-dealkylation sites (N-methyl/N-ethyl adjacent to an activating group) is 1. The second-order valence-electron chi connectivity index (χ2n) is 20.3. The SMILES string of the molecule is C=CC(=O)N1CCOC2(C1)CN(C(=O)N(C)[C@H](C(=O)N[C@H]1Cc3nc(cs3)-c3ccc4c(c3)C(CC(C)(C)COC(=O)[C@@H]3CCCN(N3)C1=O)C(c1cccnc1[C@H](C)OC)=[N+]4CC(F)(F)F)C(C)C)C2. The van der Waals surface area contributed by atoms with Gasteiger partial charge in [-0.2, -0.15) is 17.7 Å². The first kappa shape index (κ1) is 51.6. The Kier molecular flexibility index (Phi) is 14.8. The van der Waals surface area contributed by atoms with E-state index in [1.54, 1.807) is 61.0 Å². The number of carbonyl (C=O) groups is 5. The van der Waals surface area contributed by atoms with Gasteiger partial charge in [0.15, 0.2) is 5.71 Å². The highest BCUT2D eigenvalue weighted by Crippen LogP contribution is 2.47. The van der Waals surface area contributed by atoms with E-state index in [1.165, 1.54) is 46.1 Å². The number of nitrogens with one attached hydrogen (secondary N) is 2. The second kappa shape index (κ2) is 20.4. The first-order valence-corrected chi connectivity index (χ1v) is 24.9. The summed E-state index contributed by atoms with van der Waals surface area (Å²) < 4.78 is 63.1. The predicted octanol–water partition coefficient (Wildman–Crippen LogP) is 5.38. The van der Waals surface area contributed by atoms with Crippen LogP contribution in [0.25, 0.3) is 11.3 Å². The number of pyridine rings is 1. The summed E-state index contributed by atoms with van der Waals surface area (Å²) in [6.45, 7) is 13.1. The standard InChI is InChI=1S/C50H62F3N9O8S/c1-9-40(63)59-18-19-70-49(24-59)25-60(26-49)47(67)58(7)42(29(2)3)44(64)56-36-21-39-55-37(23-71-39)31-14-15-38-33(20-31)34(22-48(5,6)28-69-46(66)35-13-11-17-62(57-35)45(36)65)43(61(38)27-50(51,52)53)32-12-10-16-54-41(32)30(4)68-8/h9-10,12,14-16,20,23,29-30,34-36,42,57H,1,11,13,17-19,21-22,24-28H2,2-8H3/p+1/t30-,34?,35-,36-,42-/m0/s1. The maximum Gasteiger partial charge on any atom is 0.448 e. The molecule has 71 heavy (non-hydrogen) atoms. The van der Waals surface area contributed by atoms with Gasteiger partial charge in [-0.1, -0.05) is 34.3 Å². The van der Waals surface area contributed by atoms with E-state index in [-0.39, 0.29) is 45.0 Å². The summed E-state index contributed by atoms with van der Waals surface area (Å²) in [5.74, 6) is -2.93. The van der Waals surface area contributed by atoms with Crippen LogP contribution in [0.4, 0.5) is 23.7 Å². The normalized spacial score (nSPS) is 23.1. The van der Waals surface area contributed by atoms with Gasteiger partial charge < -0.3 is 34.2 Å². The minimum atomic E-state index is -4.59. The number of hydrogen-bond acceptors (Lipinski definition) is 12. The number of benzene rings is 1. The van der Waals surface area contributed by atoms with Crippen LogP contribution in [-0.4, -0.2) is 166 Å². The molecule has 6 bridgehead atoms. The monoisotopic (exact) mass is 1010 g/mol. The molecule has 5 aliphatic heterocycles. The van der Waals surface area contributed by atoms with E-state index in [0.29, 0.717) is 77.0 Å². The van der Waals surface area contributed by atoms with Crippen LogP contribution in [0.2, 0.25) is 0 Å². The first-order valence-electron chi connectivity index (χ1n) is 24.0. The highest BCUT2D eigenvalue weighted by atomic mass is 32.1. The lowest BCUT2D eigenvalue weighted by Gasteiger charge is -2.54. The molecular weight excluding hydrogens is 944 g/mol. The van der Waals surface area contributed by atoms with Crippen molar-refractivity contribution in [3.63, 3.8) is 0 Å². The molecular formula is C50H63F3N9O8S+. The number of nitrogens with zero attached hydrogens (tertiary/aromatic N) is 7. The van der Waals surface area contributed by atoms with Gasteiger partial charge >= 0.3 is 18.2 Å². The molecule has 17 nitrogen and oxygen atoms in total. The average molecular weight is 1010 g/mol. The molecule has 8 rings (SSSR count). The summed E-state index contributed by atoms with van der Waals surface area (Å²) in [4.78, 5) is 83.6. The lowest BCUT2D eigenvalue weighted by molar-refractivity contribution is -0.480. The van der Waals surface area contributed by atoms with Gasteiger partial charge in [-0.3, -0.25) is 29.2 Å². The lowest BCUT2D eigenvalue weighted by Crippen LogP contribution is -2.73. The number of alkyl halides is 3. The van der Waals surface area contributed by atoms with E-state index in [0.717, 1.165) is 0 Å². The number of urea groups is 1. The predicted molar refractivity (Wildman–Crippen MR) is 257 cm³/mol. The van der Waals surface area contributed by atoms with Gasteiger partial charge in [0.2, 0.25) is 24.0 Å². The van der Waals surface area contributed by atoms with E-state index < -0.39 is 83.6 Å². The molecule has 0 aliphatic carbocycles. The topological polar surface area (TPSA) is 179 Å². The minimum absolute atomic E-state index is 0.0581. The minimum Gasteiger partial charge on any atom is -0.464 e. The number of ether oxygens (including phenoxy) is 3. The van der Waals surface area contributed by atoms with Gasteiger partial charge in [-0.25, -0.2) is 15.2 Å². The lowest BCUT2D eigenvalue weighted by atomic mass is 9.77. The maximum absolute atomic E-state index is 14.7. The number of amides is 5. The summed E-state index contributed by atoms with van der Waals surface area (Å²) >= 11 is 1.26. The molecule has 3 aromatic rings. The summed E-state index contributed by atoms with van der Waals surface area (Å²) in [6.07, 6.45) is -1.27. The van der Waals surface area contributed by atoms with Crippen LogP contribution < -0.4 is 10.7 Å². The van der Waals surface area contributed by atoms with Crippen molar-refractivity contribution in [3.05, 3.63) is 76.4 Å². The zero-order valence-corrected chi connectivity index (χ0v) is 42.0. The number of cyclic esters (lactones) is 1. The first-order chi connectivity index (χ1) is 33.6. The molecule has 2 aromatic heterocycles. The number of thiazole rings is 1. The number of carbonyl (C=O) groups excluding carboxylic acids is 5. The summed E-state index contributed by atoms with van der Waals surface area (Å²) in [5, 5.41) is 6.58. The van der Waals surface area contributed by atoms with Crippen molar-refractivity contribution >= 4 is 52.5 Å². The Bertz CT molecular complexity index is 2600. The van der Waals surface area contributed by atoms with Crippen molar-refractivity contribution in [3.8, 4) is 11.3 Å². The molecule has 1 unspecified atom stereocenters. The van der Waals surface area contributed by atoms with Crippen LogP contribution >= 0.6 is 11.3 Å². The third-order valence-corrected chi connectivity index (χ3v) is 14.9. The van der Waals surface area contributed by atoms with Crippen LogP contribution in [0.15, 0.2) is 54.6 Å². The van der Waals surface area contributed by atoms with Crippen LogP contribution in [-0.2, 0) is 39.8 Å². The highest BCUT2D eigenvalue weighted by Gasteiger charge is 2.52. The van der Waals surface area contributed by atoms with E-state index in [4.69, 9.17) is 19.2 Å². The Morgan fingerprint density at radius 3 is 2.58 bits per heavy atom. The number of rotatable bonds is 9. The molecule has 21 heteroatoms. The van der Waals surface area contributed by atoms with Crippen molar-refractivity contribution in [2.45, 2.75) is 102 Å². The van der Waals surface area contributed by atoms with Crippen LogP contribution in [0, 0.1) is 11.3 Å². The summed E-state index contributed by atoms with van der Waals surface area (Å²) in [7, 11) is 3.06. The highest BCUT2D eigenvalue weighted by molar-refractivity contribution is 7.10. The number of esters is 1. The number of likely N-dealkylation sites (tertiary alicyclic amines) is 1. The van der Waals surface area contributed by atoms with Crippen molar-refractivity contribution in [2.75, 3.05) is 66.6 Å².